The Morgan fingerprint density at radius 3 is 1.04 bits per heavy atom. The first-order valence-corrected chi connectivity index (χ1v) is 6.91. The van der Waals surface area contributed by atoms with Crippen LogP contribution in [0.3, 0.4) is 0 Å². The van der Waals surface area contributed by atoms with Crippen LogP contribution < -0.4 is 0 Å². The number of aryl methyl sites for hydroxylation is 4. The van der Waals surface area contributed by atoms with Crippen molar-refractivity contribution in [1.82, 2.24) is 0 Å². The number of hydrogen-bond acceptors (Lipinski definition) is 2. The van der Waals surface area contributed by atoms with E-state index in [-0.39, 0.29) is 12.4 Å². The Hall–Kier alpha value is -2.33. The predicted molar refractivity (Wildman–Crippen MR) is 92.0 cm³/mol. The van der Waals surface area contributed by atoms with Crippen LogP contribution in [0.1, 0.15) is 43.0 Å². The van der Waals surface area contributed by atoms with E-state index in [1.54, 1.807) is 27.7 Å². The monoisotopic (exact) mass is 334 g/mol. The van der Waals surface area contributed by atoms with Crippen LogP contribution in [0.2, 0.25) is 0 Å². The van der Waals surface area contributed by atoms with Gasteiger partial charge in [0, 0.05) is 0 Å². The summed E-state index contributed by atoms with van der Waals surface area (Å²) in [4.78, 5) is 22.5. The molecule has 0 spiro atoms. The van der Waals surface area contributed by atoms with Crippen LogP contribution in [0, 0.1) is 27.7 Å². The first-order valence-electron chi connectivity index (χ1n) is 6.91. The molecule has 0 saturated heterocycles. The number of carbonyl (C=O) groups is 2. The van der Waals surface area contributed by atoms with Gasteiger partial charge in [0.1, 0.15) is 0 Å². The zero-order chi connectivity index (χ0) is 16.6. The normalized spacial score (nSPS) is 10.1. The van der Waals surface area contributed by atoms with E-state index in [1.165, 1.54) is 0 Å². The molecule has 2 aromatic rings. The molecular weight excluding hydrogens is 316 g/mol. The Morgan fingerprint density at radius 2 is 0.870 bits per heavy atom. The molecule has 0 unspecified atom stereocenters. The van der Waals surface area contributed by atoms with Gasteiger partial charge in [0.05, 0.1) is 11.1 Å². The van der Waals surface area contributed by atoms with E-state index >= 15 is 0 Å². The van der Waals surface area contributed by atoms with Crippen molar-refractivity contribution < 1.29 is 19.8 Å². The summed E-state index contributed by atoms with van der Waals surface area (Å²) in [5, 5.41) is 18.5. The molecule has 2 rings (SSSR count). The molecule has 0 aliphatic rings. The molecule has 5 heteroatoms. The number of hydrogen-bond donors (Lipinski definition) is 2. The quantitative estimate of drug-likeness (QED) is 0.872. The number of carboxylic acids is 2. The molecule has 0 radical (unpaired) electrons. The van der Waals surface area contributed by atoms with Crippen LogP contribution in [0.25, 0.3) is 11.1 Å². The highest BCUT2D eigenvalue weighted by molar-refractivity contribution is 5.93. The third kappa shape index (κ3) is 3.54. The highest BCUT2D eigenvalue weighted by atomic mass is 35.5. The molecule has 0 amide bonds. The average Bonchev–Trinajstić information content (AvgIpc) is 2.35. The molecule has 23 heavy (non-hydrogen) atoms. The molecule has 0 fully saturated rings. The molecular formula is C18H19ClO4. The maximum Gasteiger partial charge on any atom is 0.336 e. The van der Waals surface area contributed by atoms with Crippen molar-refractivity contribution in [1.29, 1.82) is 0 Å². The Bertz CT molecular complexity index is 680. The Balaban J connectivity index is 0.00000264. The van der Waals surface area contributed by atoms with Crippen LogP contribution in [-0.2, 0) is 0 Å². The summed E-state index contributed by atoms with van der Waals surface area (Å²) >= 11 is 0. The van der Waals surface area contributed by atoms with E-state index in [2.05, 4.69) is 0 Å². The highest BCUT2D eigenvalue weighted by Gasteiger charge is 2.15. The number of carboxylic acid groups (broad SMARTS) is 2. The molecule has 2 N–H and O–H groups in total. The van der Waals surface area contributed by atoms with Gasteiger partial charge in [0.25, 0.3) is 0 Å². The standard InChI is InChI=1S/C18H18O4.ClH/c1-9-5-13(6-10(2)15(9)17(19)20)14-7-11(3)16(18(21)22)12(4)8-14;/h5-8H,1-4H3,(H,19,20)(H,21,22);1H. The molecule has 0 aromatic heterocycles. The molecule has 0 saturated carbocycles. The maximum absolute atomic E-state index is 11.3. The summed E-state index contributed by atoms with van der Waals surface area (Å²) in [5.41, 5.74) is 5.20. The van der Waals surface area contributed by atoms with Gasteiger partial charge in [-0.3, -0.25) is 0 Å². The second kappa shape index (κ2) is 6.84. The second-order valence-corrected chi connectivity index (χ2v) is 5.58. The largest absolute Gasteiger partial charge is 0.478 e. The Morgan fingerprint density at radius 1 is 0.652 bits per heavy atom. The van der Waals surface area contributed by atoms with Gasteiger partial charge in [0.2, 0.25) is 0 Å². The lowest BCUT2D eigenvalue weighted by Gasteiger charge is -2.13. The van der Waals surface area contributed by atoms with E-state index in [9.17, 15) is 19.8 Å². The van der Waals surface area contributed by atoms with Gasteiger partial charge in [-0.1, -0.05) is 24.3 Å². The van der Waals surface area contributed by atoms with Crippen LogP contribution in [0.5, 0.6) is 0 Å². The molecule has 0 aliphatic heterocycles. The van der Waals surface area contributed by atoms with Gasteiger partial charge in [0.15, 0.2) is 0 Å². The second-order valence-electron chi connectivity index (χ2n) is 5.58. The van der Waals surface area contributed by atoms with Gasteiger partial charge < -0.3 is 10.2 Å². The predicted octanol–water partition coefficient (Wildman–Crippen LogP) is 4.41. The van der Waals surface area contributed by atoms with Crippen molar-refractivity contribution in [3.05, 3.63) is 57.6 Å². The van der Waals surface area contributed by atoms with Crippen LogP contribution in [0.4, 0.5) is 0 Å². The van der Waals surface area contributed by atoms with Crippen molar-refractivity contribution >= 4 is 24.3 Å². The zero-order valence-electron chi connectivity index (χ0n) is 13.4. The number of aromatic carboxylic acids is 2. The molecule has 0 atom stereocenters. The van der Waals surface area contributed by atoms with Gasteiger partial charge in [-0.2, -0.15) is 0 Å². The molecule has 2 aromatic carbocycles. The maximum atomic E-state index is 11.3. The topological polar surface area (TPSA) is 74.6 Å². The third-order valence-corrected chi connectivity index (χ3v) is 3.83. The average molecular weight is 335 g/mol. The number of benzene rings is 2. The van der Waals surface area contributed by atoms with Crippen molar-refractivity contribution in [2.24, 2.45) is 0 Å². The third-order valence-electron chi connectivity index (χ3n) is 3.83. The van der Waals surface area contributed by atoms with E-state index in [0.29, 0.717) is 33.4 Å². The summed E-state index contributed by atoms with van der Waals surface area (Å²) in [5.74, 6) is -1.87. The lowest BCUT2D eigenvalue weighted by Crippen LogP contribution is -2.05. The summed E-state index contributed by atoms with van der Waals surface area (Å²) in [6.07, 6.45) is 0. The van der Waals surface area contributed by atoms with E-state index in [0.717, 1.165) is 11.1 Å². The van der Waals surface area contributed by atoms with Gasteiger partial charge in [-0.05, 0) is 61.1 Å². The van der Waals surface area contributed by atoms with E-state index < -0.39 is 11.9 Å². The van der Waals surface area contributed by atoms with E-state index in [1.807, 2.05) is 24.3 Å². The highest BCUT2D eigenvalue weighted by Crippen LogP contribution is 2.29. The van der Waals surface area contributed by atoms with Gasteiger partial charge >= 0.3 is 11.9 Å². The molecule has 4 nitrogen and oxygen atoms in total. The number of halogens is 1. The first-order chi connectivity index (χ1) is 10.2. The zero-order valence-corrected chi connectivity index (χ0v) is 14.2. The summed E-state index contributed by atoms with van der Waals surface area (Å²) in [6.45, 7) is 7.08. The first kappa shape index (κ1) is 18.7. The lowest BCUT2D eigenvalue weighted by molar-refractivity contribution is 0.0684. The summed E-state index contributed by atoms with van der Waals surface area (Å²) < 4.78 is 0. The smallest absolute Gasteiger partial charge is 0.336 e. The fraction of sp³-hybridized carbons (Fsp3) is 0.222. The van der Waals surface area contributed by atoms with Crippen molar-refractivity contribution in [2.75, 3.05) is 0 Å². The van der Waals surface area contributed by atoms with Gasteiger partial charge in [-0.25, -0.2) is 9.59 Å². The van der Waals surface area contributed by atoms with Crippen molar-refractivity contribution in [3.63, 3.8) is 0 Å². The fourth-order valence-electron chi connectivity index (χ4n) is 2.94. The SMILES string of the molecule is Cc1cc(-c2cc(C)c(C(=O)O)c(C)c2)cc(C)c1C(=O)O.Cl. The minimum atomic E-state index is -0.935. The molecule has 0 aliphatic carbocycles. The minimum Gasteiger partial charge on any atom is -0.478 e. The summed E-state index contributed by atoms with van der Waals surface area (Å²) in [7, 11) is 0. The molecule has 0 bridgehead atoms. The van der Waals surface area contributed by atoms with Crippen LogP contribution in [-0.4, -0.2) is 22.2 Å². The molecule has 122 valence electrons. The van der Waals surface area contributed by atoms with Gasteiger partial charge in [-0.15, -0.1) is 12.4 Å². The van der Waals surface area contributed by atoms with Crippen molar-refractivity contribution in [3.8, 4) is 11.1 Å². The summed E-state index contributed by atoms with van der Waals surface area (Å²) in [6, 6.07) is 7.30. The Kier molecular flexibility index (Phi) is 5.56. The van der Waals surface area contributed by atoms with E-state index in [4.69, 9.17) is 0 Å². The van der Waals surface area contributed by atoms with Crippen LogP contribution >= 0.6 is 12.4 Å². The fourth-order valence-corrected chi connectivity index (χ4v) is 2.94. The van der Waals surface area contributed by atoms with Crippen molar-refractivity contribution in [2.45, 2.75) is 27.7 Å². The minimum absolute atomic E-state index is 0. The lowest BCUT2D eigenvalue weighted by atomic mass is 9.92. The number of rotatable bonds is 3. The Labute approximate surface area is 141 Å². The molecule has 0 heterocycles. The van der Waals surface area contributed by atoms with Crippen LogP contribution in [0.15, 0.2) is 24.3 Å².